The van der Waals surface area contributed by atoms with E-state index in [0.717, 1.165) is 0 Å². The number of ether oxygens (including phenoxy) is 2. The van der Waals surface area contributed by atoms with Gasteiger partial charge in [0.15, 0.2) is 0 Å². The first-order chi connectivity index (χ1) is 7.67. The van der Waals surface area contributed by atoms with Crippen molar-refractivity contribution in [3.8, 4) is 0 Å². The molecule has 2 N–H and O–H groups in total. The lowest BCUT2D eigenvalue weighted by Crippen LogP contribution is -2.44. The molecule has 0 radical (unpaired) electrons. The summed E-state index contributed by atoms with van der Waals surface area (Å²) < 4.78 is 10.8. The summed E-state index contributed by atoms with van der Waals surface area (Å²) in [5.74, 6) is -1.50. The Morgan fingerprint density at radius 3 is 1.94 bits per heavy atom. The maximum absolute atomic E-state index is 9.48. The molecule has 0 spiro atoms. The number of rotatable bonds is 6. The van der Waals surface area contributed by atoms with Gasteiger partial charge >= 0.3 is 0 Å². The van der Waals surface area contributed by atoms with Gasteiger partial charge in [0.2, 0.25) is 12.1 Å². The summed E-state index contributed by atoms with van der Waals surface area (Å²) in [5, 5.41) is 19.0. The Kier molecular flexibility index (Phi) is 4.89. The number of aliphatic hydroxyl groups excluding tert-OH is 1. The van der Waals surface area contributed by atoms with Crippen molar-refractivity contribution in [2.45, 2.75) is 25.9 Å². The van der Waals surface area contributed by atoms with Crippen LogP contribution < -0.4 is 0 Å². The highest BCUT2D eigenvalue weighted by Crippen LogP contribution is 2.30. The molecule has 0 amide bonds. The topological polar surface area (TPSA) is 58.9 Å². The number of hydrogen-bond acceptors (Lipinski definition) is 4. The van der Waals surface area contributed by atoms with Gasteiger partial charge in [0, 0.05) is 18.8 Å². The van der Waals surface area contributed by atoms with Gasteiger partial charge < -0.3 is 19.7 Å². The van der Waals surface area contributed by atoms with E-state index >= 15 is 0 Å². The Morgan fingerprint density at radius 2 is 1.56 bits per heavy atom. The normalized spacial score (nSPS) is 12.1. The van der Waals surface area contributed by atoms with Crippen LogP contribution in [0, 0.1) is 0 Å². The lowest BCUT2D eigenvalue weighted by atomic mass is 10.1. The molecule has 90 valence electrons. The third kappa shape index (κ3) is 2.59. The molecular weight excluding hydrogens is 208 g/mol. The molecule has 0 aliphatic carbocycles. The van der Waals surface area contributed by atoms with E-state index in [1.807, 2.05) is 6.07 Å². The standard InChI is InChI=1S/C12H18O4/c1-3-15-12(11(13)14,16-4-2)10-8-6-5-7-9-10/h5-9,11,13-14H,3-4H2,1-2H3. The first-order valence-electron chi connectivity index (χ1n) is 5.37. The van der Waals surface area contributed by atoms with Crippen LogP contribution in [-0.4, -0.2) is 29.7 Å². The van der Waals surface area contributed by atoms with Crippen molar-refractivity contribution >= 4 is 0 Å². The maximum Gasteiger partial charge on any atom is 0.247 e. The summed E-state index contributed by atoms with van der Waals surface area (Å²) in [6.07, 6.45) is -1.73. The van der Waals surface area contributed by atoms with Crippen molar-refractivity contribution in [3.05, 3.63) is 35.9 Å². The third-order valence-corrected chi connectivity index (χ3v) is 2.23. The first-order valence-corrected chi connectivity index (χ1v) is 5.37. The minimum atomic E-state index is -1.73. The van der Waals surface area contributed by atoms with Crippen LogP contribution in [0.25, 0.3) is 0 Å². The van der Waals surface area contributed by atoms with Crippen LogP contribution in [0.2, 0.25) is 0 Å². The SMILES string of the molecule is CCOC(OCC)(c1ccccc1)C(O)O. The Bertz CT molecular complexity index is 291. The molecule has 4 nitrogen and oxygen atoms in total. The molecule has 0 fully saturated rings. The largest absolute Gasteiger partial charge is 0.364 e. The predicted octanol–water partition coefficient (Wildman–Crippen LogP) is 1.22. The molecule has 1 rings (SSSR count). The van der Waals surface area contributed by atoms with E-state index in [-0.39, 0.29) is 0 Å². The van der Waals surface area contributed by atoms with E-state index in [9.17, 15) is 10.2 Å². The Balaban J connectivity index is 3.10. The van der Waals surface area contributed by atoms with Crippen molar-refractivity contribution in [3.63, 3.8) is 0 Å². The summed E-state index contributed by atoms with van der Waals surface area (Å²) in [6.45, 7) is 4.21. The smallest absolute Gasteiger partial charge is 0.247 e. The molecule has 0 aromatic heterocycles. The van der Waals surface area contributed by atoms with Crippen LogP contribution in [0.5, 0.6) is 0 Å². The molecule has 1 aromatic rings. The highest BCUT2D eigenvalue weighted by molar-refractivity contribution is 5.21. The summed E-state index contributed by atoms with van der Waals surface area (Å²) in [7, 11) is 0. The van der Waals surface area contributed by atoms with Crippen LogP contribution in [0.4, 0.5) is 0 Å². The summed E-state index contributed by atoms with van der Waals surface area (Å²) >= 11 is 0. The van der Waals surface area contributed by atoms with Gasteiger partial charge in [-0.3, -0.25) is 0 Å². The molecule has 0 aliphatic heterocycles. The van der Waals surface area contributed by atoms with E-state index < -0.39 is 12.1 Å². The average Bonchev–Trinajstić information content (AvgIpc) is 2.29. The van der Waals surface area contributed by atoms with Crippen molar-refractivity contribution in [2.75, 3.05) is 13.2 Å². The average molecular weight is 226 g/mol. The summed E-state index contributed by atoms with van der Waals surface area (Å²) in [5.41, 5.74) is 0.591. The number of benzene rings is 1. The number of hydrogen-bond donors (Lipinski definition) is 2. The van der Waals surface area contributed by atoms with Gasteiger partial charge in [0.25, 0.3) is 0 Å². The van der Waals surface area contributed by atoms with Crippen LogP contribution >= 0.6 is 0 Å². The van der Waals surface area contributed by atoms with E-state index in [2.05, 4.69) is 0 Å². The first kappa shape index (κ1) is 13.1. The van der Waals surface area contributed by atoms with Crippen LogP contribution in [0.15, 0.2) is 30.3 Å². The molecule has 0 atom stereocenters. The fourth-order valence-corrected chi connectivity index (χ4v) is 1.61. The molecule has 0 unspecified atom stereocenters. The zero-order chi connectivity index (χ0) is 12.0. The van der Waals surface area contributed by atoms with Crippen LogP contribution in [-0.2, 0) is 15.3 Å². The quantitative estimate of drug-likeness (QED) is 0.716. The molecule has 0 saturated heterocycles. The highest BCUT2D eigenvalue weighted by Gasteiger charge is 2.41. The molecule has 0 heterocycles. The van der Waals surface area contributed by atoms with Crippen molar-refractivity contribution in [1.29, 1.82) is 0 Å². The van der Waals surface area contributed by atoms with Crippen LogP contribution in [0.3, 0.4) is 0 Å². The monoisotopic (exact) mass is 226 g/mol. The molecule has 0 saturated carbocycles. The second-order valence-electron chi connectivity index (χ2n) is 3.27. The van der Waals surface area contributed by atoms with E-state index in [1.165, 1.54) is 0 Å². The molecule has 0 aliphatic rings. The van der Waals surface area contributed by atoms with Crippen molar-refractivity contribution in [2.24, 2.45) is 0 Å². The Morgan fingerprint density at radius 1 is 1.06 bits per heavy atom. The van der Waals surface area contributed by atoms with E-state index in [1.54, 1.807) is 38.1 Å². The van der Waals surface area contributed by atoms with Crippen molar-refractivity contribution in [1.82, 2.24) is 0 Å². The molecule has 0 bridgehead atoms. The van der Waals surface area contributed by atoms with Crippen LogP contribution in [0.1, 0.15) is 19.4 Å². The second-order valence-corrected chi connectivity index (χ2v) is 3.27. The maximum atomic E-state index is 9.48. The zero-order valence-corrected chi connectivity index (χ0v) is 9.59. The molecule has 16 heavy (non-hydrogen) atoms. The van der Waals surface area contributed by atoms with Gasteiger partial charge in [0.05, 0.1) is 0 Å². The summed E-state index contributed by atoms with van der Waals surface area (Å²) in [4.78, 5) is 0. The second kappa shape index (κ2) is 5.96. The molecular formula is C12H18O4. The minimum absolute atomic E-state index is 0.326. The molecule has 1 aromatic carbocycles. The van der Waals surface area contributed by atoms with Gasteiger partial charge in [0.1, 0.15) is 0 Å². The van der Waals surface area contributed by atoms with Gasteiger partial charge in [-0.15, -0.1) is 0 Å². The number of aliphatic hydroxyl groups is 2. The Labute approximate surface area is 95.4 Å². The minimum Gasteiger partial charge on any atom is -0.364 e. The Hall–Kier alpha value is -0.940. The van der Waals surface area contributed by atoms with Crippen molar-refractivity contribution < 1.29 is 19.7 Å². The van der Waals surface area contributed by atoms with E-state index in [4.69, 9.17) is 9.47 Å². The van der Waals surface area contributed by atoms with Gasteiger partial charge in [-0.2, -0.15) is 0 Å². The lowest BCUT2D eigenvalue weighted by molar-refractivity contribution is -0.339. The highest BCUT2D eigenvalue weighted by atomic mass is 16.7. The molecule has 4 heteroatoms. The zero-order valence-electron chi connectivity index (χ0n) is 9.59. The lowest BCUT2D eigenvalue weighted by Gasteiger charge is -2.34. The predicted molar refractivity (Wildman–Crippen MR) is 59.6 cm³/mol. The fraction of sp³-hybridized carbons (Fsp3) is 0.500. The van der Waals surface area contributed by atoms with Gasteiger partial charge in [-0.05, 0) is 13.8 Å². The van der Waals surface area contributed by atoms with Gasteiger partial charge in [-0.1, -0.05) is 30.3 Å². The third-order valence-electron chi connectivity index (χ3n) is 2.23. The van der Waals surface area contributed by atoms with E-state index in [0.29, 0.717) is 18.8 Å². The fourth-order valence-electron chi connectivity index (χ4n) is 1.61. The summed E-state index contributed by atoms with van der Waals surface area (Å²) in [6, 6.07) is 8.92. The van der Waals surface area contributed by atoms with Gasteiger partial charge in [-0.25, -0.2) is 0 Å².